The van der Waals surface area contributed by atoms with Gasteiger partial charge in [-0.15, -0.1) is 0 Å². The molecule has 0 spiro atoms. The summed E-state index contributed by atoms with van der Waals surface area (Å²) in [7, 11) is 0. The Kier molecular flexibility index (Phi) is 5.04. The normalized spacial score (nSPS) is 16.9. The van der Waals surface area contributed by atoms with E-state index in [2.05, 4.69) is 9.97 Å². The lowest BCUT2D eigenvalue weighted by molar-refractivity contribution is -0.930. The Bertz CT molecular complexity index is 1070. The Hall–Kier alpha value is -2.87. The van der Waals surface area contributed by atoms with Gasteiger partial charge in [0, 0.05) is 5.69 Å². The number of quaternary nitrogens is 1. The van der Waals surface area contributed by atoms with Gasteiger partial charge in [-0.1, -0.05) is 18.2 Å². The van der Waals surface area contributed by atoms with E-state index in [1.165, 1.54) is 17.0 Å². The Morgan fingerprint density at radius 3 is 2.55 bits per heavy atom. The number of nitrogens with zero attached hydrogens (tertiary/aromatic N) is 2. The quantitative estimate of drug-likeness (QED) is 0.706. The van der Waals surface area contributed by atoms with E-state index in [1.54, 1.807) is 18.2 Å². The number of hydrogen-bond donors (Lipinski definition) is 2. The molecule has 0 unspecified atom stereocenters. The molecule has 8 heteroatoms. The van der Waals surface area contributed by atoms with Crippen LogP contribution in [0.1, 0.15) is 24.4 Å². The minimum Gasteiger partial charge on any atom is -0.360 e. The van der Waals surface area contributed by atoms with Crippen LogP contribution in [0.3, 0.4) is 0 Å². The van der Waals surface area contributed by atoms with Crippen molar-refractivity contribution in [1.29, 1.82) is 0 Å². The number of nitrogens with one attached hydrogen (secondary N) is 2. The fraction of sp³-hybridized carbons (Fsp3) is 0.333. The summed E-state index contributed by atoms with van der Waals surface area (Å²) in [5.74, 6) is 0.635. The number of anilines is 1. The minimum absolute atomic E-state index is 0.0176. The Morgan fingerprint density at radius 2 is 1.83 bits per heavy atom. The maximum Gasteiger partial charge on any atom is 0.416 e. The summed E-state index contributed by atoms with van der Waals surface area (Å²) in [6, 6.07) is 12.7. The highest BCUT2D eigenvalue weighted by Gasteiger charge is 2.32. The molecule has 1 aliphatic heterocycles. The van der Waals surface area contributed by atoms with Crippen LogP contribution in [0, 0.1) is 0 Å². The molecule has 1 saturated heterocycles. The monoisotopic (exact) mass is 403 g/mol. The van der Waals surface area contributed by atoms with E-state index in [4.69, 9.17) is 0 Å². The lowest BCUT2D eigenvalue weighted by Crippen LogP contribution is -3.14. The molecular formula is C21H22F3N4O+. The number of benzene rings is 2. The van der Waals surface area contributed by atoms with Gasteiger partial charge in [-0.2, -0.15) is 13.2 Å². The van der Waals surface area contributed by atoms with Gasteiger partial charge >= 0.3 is 6.18 Å². The van der Waals surface area contributed by atoms with Crippen molar-refractivity contribution < 1.29 is 18.1 Å². The zero-order chi connectivity index (χ0) is 20.6. The molecule has 1 aliphatic rings. The van der Waals surface area contributed by atoms with Crippen LogP contribution in [0.5, 0.6) is 0 Å². The van der Waals surface area contributed by atoms with Crippen molar-refractivity contribution >= 4 is 16.6 Å². The van der Waals surface area contributed by atoms with E-state index in [-0.39, 0.29) is 11.6 Å². The molecule has 0 radical (unpaired) electrons. The summed E-state index contributed by atoms with van der Waals surface area (Å²) >= 11 is 0. The predicted molar refractivity (Wildman–Crippen MR) is 105 cm³/mol. The second-order valence-electron chi connectivity index (χ2n) is 7.38. The molecule has 2 aromatic carbocycles. The highest BCUT2D eigenvalue weighted by molar-refractivity contribution is 5.77. The van der Waals surface area contributed by atoms with Gasteiger partial charge in [-0.25, -0.2) is 4.98 Å². The molecular weight excluding hydrogens is 381 g/mol. The third-order valence-electron chi connectivity index (χ3n) is 5.60. The van der Waals surface area contributed by atoms with E-state index in [1.807, 2.05) is 24.0 Å². The van der Waals surface area contributed by atoms with Gasteiger partial charge in [-0.3, -0.25) is 4.79 Å². The summed E-state index contributed by atoms with van der Waals surface area (Å²) in [5, 5.41) is 0.563. The Morgan fingerprint density at radius 1 is 1.10 bits per heavy atom. The number of fused-ring (bicyclic) bond motifs is 1. The lowest BCUT2D eigenvalue weighted by atomic mass is 10.1. The zero-order valence-corrected chi connectivity index (χ0v) is 16.0. The number of H-pyrrole nitrogens is 1. The van der Waals surface area contributed by atoms with E-state index in [0.717, 1.165) is 19.2 Å². The number of para-hydroxylation sites is 1. The number of halogens is 3. The molecule has 0 aliphatic carbocycles. The Balaban J connectivity index is 1.48. The molecule has 2 N–H and O–H groups in total. The van der Waals surface area contributed by atoms with Crippen molar-refractivity contribution in [1.82, 2.24) is 9.97 Å². The van der Waals surface area contributed by atoms with Gasteiger partial charge < -0.3 is 14.8 Å². The molecule has 1 atom stereocenters. The van der Waals surface area contributed by atoms with Crippen molar-refractivity contribution in [2.45, 2.75) is 19.1 Å². The van der Waals surface area contributed by atoms with Crippen LogP contribution >= 0.6 is 0 Å². The van der Waals surface area contributed by atoms with Crippen molar-refractivity contribution in [3.63, 3.8) is 0 Å². The Labute approximate surface area is 165 Å². The van der Waals surface area contributed by atoms with E-state index in [0.29, 0.717) is 35.5 Å². The molecule has 0 saturated carbocycles. The standard InChI is InChI=1S/C21H21F3N4O/c1-14(19-25-18-8-3-2-7-17(18)20(29)26-19)27-9-11-28(12-10-27)16-6-4-5-15(13-16)21(22,23)24/h2-8,13-14H,9-12H2,1H3,(H,25,26,29)/p+1/t14-/m1/s1. The number of alkyl halides is 3. The SMILES string of the molecule is C[C@H](c1nc2ccccc2c(=O)[nH]1)[NH+]1CCN(c2cccc(C(F)(F)F)c2)CC1. The number of aromatic nitrogens is 2. The zero-order valence-electron chi connectivity index (χ0n) is 16.0. The first-order valence-corrected chi connectivity index (χ1v) is 9.58. The van der Waals surface area contributed by atoms with Crippen LogP contribution in [0.25, 0.3) is 10.9 Å². The highest BCUT2D eigenvalue weighted by atomic mass is 19.4. The van der Waals surface area contributed by atoms with Crippen LogP contribution in [0.2, 0.25) is 0 Å². The number of rotatable bonds is 3. The molecule has 5 nitrogen and oxygen atoms in total. The average Bonchev–Trinajstić information content (AvgIpc) is 2.73. The van der Waals surface area contributed by atoms with Crippen molar-refractivity contribution in [2.24, 2.45) is 0 Å². The number of hydrogen-bond acceptors (Lipinski definition) is 3. The van der Waals surface area contributed by atoms with Gasteiger partial charge in [0.1, 0.15) is 6.04 Å². The molecule has 1 fully saturated rings. The van der Waals surface area contributed by atoms with Gasteiger partial charge in [0.15, 0.2) is 5.82 Å². The lowest BCUT2D eigenvalue weighted by Gasteiger charge is -2.36. The van der Waals surface area contributed by atoms with Crippen LogP contribution in [-0.2, 0) is 6.18 Å². The third-order valence-corrected chi connectivity index (χ3v) is 5.60. The molecule has 3 aromatic rings. The molecule has 4 rings (SSSR count). The molecule has 152 valence electrons. The number of aromatic amines is 1. The van der Waals surface area contributed by atoms with Gasteiger partial charge in [0.2, 0.25) is 0 Å². The smallest absolute Gasteiger partial charge is 0.360 e. The maximum atomic E-state index is 13.0. The summed E-state index contributed by atoms with van der Waals surface area (Å²) in [6.07, 6.45) is -4.34. The van der Waals surface area contributed by atoms with Crippen LogP contribution in [0.4, 0.5) is 18.9 Å². The predicted octanol–water partition coefficient (Wildman–Crippen LogP) is 2.41. The van der Waals surface area contributed by atoms with Crippen LogP contribution in [-0.4, -0.2) is 36.1 Å². The van der Waals surface area contributed by atoms with Gasteiger partial charge in [0.25, 0.3) is 5.56 Å². The number of piperazine rings is 1. The van der Waals surface area contributed by atoms with Crippen molar-refractivity contribution in [2.75, 3.05) is 31.1 Å². The largest absolute Gasteiger partial charge is 0.416 e. The van der Waals surface area contributed by atoms with Crippen molar-refractivity contribution in [3.05, 3.63) is 70.3 Å². The first-order chi connectivity index (χ1) is 13.8. The van der Waals surface area contributed by atoms with E-state index < -0.39 is 11.7 Å². The molecule has 1 aromatic heterocycles. The van der Waals surface area contributed by atoms with E-state index >= 15 is 0 Å². The molecule has 0 amide bonds. The fourth-order valence-corrected chi connectivity index (χ4v) is 3.87. The second-order valence-corrected chi connectivity index (χ2v) is 7.38. The van der Waals surface area contributed by atoms with Crippen LogP contribution in [0.15, 0.2) is 53.3 Å². The summed E-state index contributed by atoms with van der Waals surface area (Å²) in [4.78, 5) is 23.0. The average molecular weight is 403 g/mol. The topological polar surface area (TPSA) is 53.4 Å². The fourth-order valence-electron chi connectivity index (χ4n) is 3.87. The van der Waals surface area contributed by atoms with Gasteiger partial charge in [-0.05, 0) is 37.3 Å². The third kappa shape index (κ3) is 3.98. The van der Waals surface area contributed by atoms with Gasteiger partial charge in [0.05, 0.1) is 42.6 Å². The summed E-state index contributed by atoms with van der Waals surface area (Å²) < 4.78 is 38.9. The first-order valence-electron chi connectivity index (χ1n) is 9.58. The summed E-state index contributed by atoms with van der Waals surface area (Å²) in [6.45, 7) is 4.78. The minimum atomic E-state index is -4.34. The first kappa shape index (κ1) is 19.4. The summed E-state index contributed by atoms with van der Waals surface area (Å²) in [5.41, 5.74) is 0.472. The highest BCUT2D eigenvalue weighted by Crippen LogP contribution is 2.31. The van der Waals surface area contributed by atoms with Crippen LogP contribution < -0.4 is 15.4 Å². The maximum absolute atomic E-state index is 13.0. The van der Waals surface area contributed by atoms with Crippen molar-refractivity contribution in [3.8, 4) is 0 Å². The molecule has 0 bridgehead atoms. The molecule has 2 heterocycles. The molecule has 29 heavy (non-hydrogen) atoms. The van der Waals surface area contributed by atoms with E-state index in [9.17, 15) is 18.0 Å². The second kappa shape index (κ2) is 7.51.